The number of aryl methyl sites for hydroxylation is 1. The van der Waals surface area contributed by atoms with E-state index in [0.29, 0.717) is 11.4 Å². The average Bonchev–Trinajstić information content (AvgIpc) is 2.39. The summed E-state index contributed by atoms with van der Waals surface area (Å²) in [5.74, 6) is 0.0466. The monoisotopic (exact) mass is 252 g/mol. The first kappa shape index (κ1) is 12.7. The molecule has 94 valence electrons. The van der Waals surface area contributed by atoms with E-state index in [1.165, 1.54) is 6.92 Å². The predicted molar refractivity (Wildman–Crippen MR) is 71.2 cm³/mol. The third-order valence-electron chi connectivity index (χ3n) is 2.62. The molecule has 0 atom stereocenters. The van der Waals surface area contributed by atoms with Crippen molar-refractivity contribution in [1.82, 2.24) is 9.97 Å². The second-order valence-electron chi connectivity index (χ2n) is 4.05. The van der Waals surface area contributed by atoms with E-state index in [9.17, 15) is 4.79 Å². The highest BCUT2D eigenvalue weighted by Gasteiger charge is 2.11. The van der Waals surface area contributed by atoms with Crippen LogP contribution in [-0.2, 0) is 4.79 Å². The summed E-state index contributed by atoms with van der Waals surface area (Å²) in [5, 5.41) is 11.7. The second kappa shape index (κ2) is 5.27. The highest BCUT2D eigenvalue weighted by atomic mass is 16.1. The van der Waals surface area contributed by atoms with Crippen LogP contribution in [0.15, 0.2) is 30.6 Å². The summed E-state index contributed by atoms with van der Waals surface area (Å²) < 4.78 is 0. The van der Waals surface area contributed by atoms with Gasteiger partial charge < -0.3 is 5.32 Å². The van der Waals surface area contributed by atoms with Gasteiger partial charge in [0.2, 0.25) is 5.91 Å². The lowest BCUT2D eigenvalue weighted by Gasteiger charge is -2.10. The second-order valence-corrected chi connectivity index (χ2v) is 4.05. The first-order valence-electron chi connectivity index (χ1n) is 5.71. The van der Waals surface area contributed by atoms with Gasteiger partial charge in [-0.2, -0.15) is 5.26 Å². The van der Waals surface area contributed by atoms with Crippen molar-refractivity contribution in [3.8, 4) is 17.2 Å². The van der Waals surface area contributed by atoms with E-state index in [1.54, 1.807) is 18.5 Å². The molecule has 0 unspecified atom stereocenters. The third kappa shape index (κ3) is 2.75. The molecule has 0 aliphatic rings. The zero-order chi connectivity index (χ0) is 13.8. The van der Waals surface area contributed by atoms with Crippen LogP contribution in [0.3, 0.4) is 0 Å². The number of anilines is 1. The van der Waals surface area contributed by atoms with Gasteiger partial charge in [0.05, 0.1) is 5.56 Å². The maximum Gasteiger partial charge on any atom is 0.222 e. The lowest BCUT2D eigenvalue weighted by atomic mass is 10.0. The minimum absolute atomic E-state index is 0.250. The zero-order valence-electron chi connectivity index (χ0n) is 10.6. The van der Waals surface area contributed by atoms with E-state index >= 15 is 0 Å². The van der Waals surface area contributed by atoms with E-state index in [2.05, 4.69) is 15.3 Å². The van der Waals surface area contributed by atoms with Gasteiger partial charge in [-0.15, -0.1) is 0 Å². The van der Waals surface area contributed by atoms with Crippen LogP contribution in [0.1, 0.15) is 18.2 Å². The number of aromatic nitrogens is 2. The number of nitrogens with zero attached hydrogens (tertiary/aromatic N) is 3. The van der Waals surface area contributed by atoms with Gasteiger partial charge in [0.15, 0.2) is 5.82 Å². The van der Waals surface area contributed by atoms with Crippen LogP contribution in [-0.4, -0.2) is 15.9 Å². The Morgan fingerprint density at radius 3 is 2.63 bits per heavy atom. The summed E-state index contributed by atoms with van der Waals surface area (Å²) in [6, 6.07) is 7.47. The molecule has 0 bridgehead atoms. The molecule has 0 aromatic carbocycles. The molecule has 0 saturated carbocycles. The molecule has 2 rings (SSSR count). The quantitative estimate of drug-likeness (QED) is 0.889. The number of hydrogen-bond acceptors (Lipinski definition) is 4. The van der Waals surface area contributed by atoms with Crippen LogP contribution in [0.4, 0.5) is 5.82 Å². The number of rotatable bonds is 2. The van der Waals surface area contributed by atoms with Crippen LogP contribution in [0.5, 0.6) is 0 Å². The SMILES string of the molecule is CC(=O)Nc1nc(C)c(-c2ccncc2)cc1C#N. The average molecular weight is 252 g/mol. The normalized spacial score (nSPS) is 9.74. The molecular weight excluding hydrogens is 240 g/mol. The predicted octanol–water partition coefficient (Wildman–Crippen LogP) is 2.28. The van der Waals surface area contributed by atoms with Gasteiger partial charge >= 0.3 is 0 Å². The van der Waals surface area contributed by atoms with Crippen LogP contribution in [0, 0.1) is 18.3 Å². The van der Waals surface area contributed by atoms with Crippen molar-refractivity contribution < 1.29 is 4.79 Å². The molecule has 2 aromatic heterocycles. The Balaban J connectivity index is 2.55. The van der Waals surface area contributed by atoms with Gasteiger partial charge in [0.1, 0.15) is 6.07 Å². The van der Waals surface area contributed by atoms with Crippen LogP contribution in [0.2, 0.25) is 0 Å². The van der Waals surface area contributed by atoms with Crippen LogP contribution >= 0.6 is 0 Å². The summed E-state index contributed by atoms with van der Waals surface area (Å²) in [6.45, 7) is 3.22. The highest BCUT2D eigenvalue weighted by molar-refractivity contribution is 5.89. The largest absolute Gasteiger partial charge is 0.310 e. The van der Waals surface area contributed by atoms with Crippen molar-refractivity contribution in [2.45, 2.75) is 13.8 Å². The summed E-state index contributed by atoms with van der Waals surface area (Å²) in [4.78, 5) is 19.3. The Morgan fingerprint density at radius 1 is 1.37 bits per heavy atom. The molecule has 0 aliphatic heterocycles. The standard InChI is InChI=1S/C14H12N4O/c1-9-13(11-3-5-16-6-4-11)7-12(8-15)14(17-9)18-10(2)19/h3-7H,1-2H3,(H,17,18,19). The lowest BCUT2D eigenvalue weighted by Crippen LogP contribution is -2.10. The maximum atomic E-state index is 11.1. The Labute approximate surface area is 110 Å². The number of hydrogen-bond donors (Lipinski definition) is 1. The summed E-state index contributed by atoms with van der Waals surface area (Å²) >= 11 is 0. The Morgan fingerprint density at radius 2 is 2.05 bits per heavy atom. The fraction of sp³-hybridized carbons (Fsp3) is 0.143. The number of carbonyl (C=O) groups excluding carboxylic acids is 1. The zero-order valence-corrected chi connectivity index (χ0v) is 10.6. The Kier molecular flexibility index (Phi) is 3.53. The molecule has 0 spiro atoms. The number of amides is 1. The van der Waals surface area contributed by atoms with Gasteiger partial charge in [-0.1, -0.05) is 0 Å². The summed E-state index contributed by atoms with van der Waals surface area (Å²) in [5.41, 5.74) is 2.88. The van der Waals surface area contributed by atoms with E-state index in [-0.39, 0.29) is 5.91 Å². The molecule has 19 heavy (non-hydrogen) atoms. The molecule has 0 saturated heterocycles. The van der Waals surface area contributed by atoms with Crippen molar-refractivity contribution >= 4 is 11.7 Å². The molecule has 1 N–H and O–H groups in total. The topological polar surface area (TPSA) is 78.7 Å². The first-order valence-corrected chi connectivity index (χ1v) is 5.71. The smallest absolute Gasteiger partial charge is 0.222 e. The molecular formula is C14H12N4O. The van der Waals surface area contributed by atoms with E-state index in [4.69, 9.17) is 5.26 Å². The van der Waals surface area contributed by atoms with Crippen molar-refractivity contribution in [3.05, 3.63) is 41.9 Å². The first-order chi connectivity index (χ1) is 9.11. The van der Waals surface area contributed by atoms with Gasteiger partial charge in [-0.25, -0.2) is 4.98 Å². The van der Waals surface area contributed by atoms with Gasteiger partial charge in [-0.3, -0.25) is 9.78 Å². The molecule has 0 fully saturated rings. The number of carbonyl (C=O) groups is 1. The Hall–Kier alpha value is -2.74. The van der Waals surface area contributed by atoms with E-state index in [1.807, 2.05) is 25.1 Å². The van der Waals surface area contributed by atoms with Gasteiger partial charge in [0.25, 0.3) is 0 Å². The van der Waals surface area contributed by atoms with Gasteiger partial charge in [-0.05, 0) is 30.7 Å². The van der Waals surface area contributed by atoms with Gasteiger partial charge in [0, 0.05) is 30.6 Å². The van der Waals surface area contributed by atoms with E-state index < -0.39 is 0 Å². The fourth-order valence-electron chi connectivity index (χ4n) is 1.78. The molecule has 2 heterocycles. The van der Waals surface area contributed by atoms with Crippen molar-refractivity contribution in [2.24, 2.45) is 0 Å². The maximum absolute atomic E-state index is 11.1. The lowest BCUT2D eigenvalue weighted by molar-refractivity contribution is -0.114. The molecule has 0 aliphatic carbocycles. The third-order valence-corrected chi connectivity index (χ3v) is 2.62. The minimum atomic E-state index is -0.250. The fourth-order valence-corrected chi connectivity index (χ4v) is 1.78. The molecule has 5 nitrogen and oxygen atoms in total. The minimum Gasteiger partial charge on any atom is -0.310 e. The van der Waals surface area contributed by atoms with E-state index in [0.717, 1.165) is 16.8 Å². The van der Waals surface area contributed by atoms with Crippen molar-refractivity contribution in [1.29, 1.82) is 5.26 Å². The van der Waals surface area contributed by atoms with Crippen molar-refractivity contribution in [2.75, 3.05) is 5.32 Å². The highest BCUT2D eigenvalue weighted by Crippen LogP contribution is 2.25. The number of nitrogens with one attached hydrogen (secondary N) is 1. The summed E-state index contributed by atoms with van der Waals surface area (Å²) in [6.07, 6.45) is 3.37. The molecule has 5 heteroatoms. The Bertz CT molecular complexity index is 659. The van der Waals surface area contributed by atoms with Crippen molar-refractivity contribution in [3.63, 3.8) is 0 Å². The number of nitriles is 1. The summed E-state index contributed by atoms with van der Waals surface area (Å²) in [7, 11) is 0. The van der Waals surface area contributed by atoms with Crippen LogP contribution < -0.4 is 5.32 Å². The number of pyridine rings is 2. The van der Waals surface area contributed by atoms with Crippen LogP contribution in [0.25, 0.3) is 11.1 Å². The molecule has 1 amide bonds. The molecule has 0 radical (unpaired) electrons. The molecule has 2 aromatic rings.